The van der Waals surface area contributed by atoms with Crippen LogP contribution in [0.15, 0.2) is 95.9 Å². The van der Waals surface area contributed by atoms with Gasteiger partial charge in [0.1, 0.15) is 0 Å². The summed E-state index contributed by atoms with van der Waals surface area (Å²) in [6.07, 6.45) is 0. The van der Waals surface area contributed by atoms with E-state index in [0.29, 0.717) is 4.90 Å². The Morgan fingerprint density at radius 1 is 0.514 bits per heavy atom. The third-order valence-electron chi connectivity index (χ3n) is 6.47. The lowest BCUT2D eigenvalue weighted by atomic mass is 9.85. The second-order valence-corrected chi connectivity index (χ2v) is 12.2. The summed E-state index contributed by atoms with van der Waals surface area (Å²) in [6, 6.07) is 31.4. The highest BCUT2D eigenvalue weighted by atomic mass is 32.2. The summed E-state index contributed by atoms with van der Waals surface area (Å²) in [5.74, 6) is 0. The zero-order valence-electron chi connectivity index (χ0n) is 21.4. The van der Waals surface area contributed by atoms with Gasteiger partial charge in [0.15, 0.2) is 11.1 Å². The van der Waals surface area contributed by atoms with E-state index in [-0.39, 0.29) is 10.8 Å². The lowest BCUT2D eigenvalue weighted by Gasteiger charge is -2.20. The Morgan fingerprint density at radius 2 is 0.914 bits per heavy atom. The molecule has 0 spiro atoms. The summed E-state index contributed by atoms with van der Waals surface area (Å²) < 4.78 is 21.3. The Labute approximate surface area is 212 Å². The third kappa shape index (κ3) is 5.80. The molecule has 2 nitrogen and oxygen atoms in total. The van der Waals surface area contributed by atoms with Crippen LogP contribution in [0.5, 0.6) is 0 Å². The van der Waals surface area contributed by atoms with E-state index in [0.717, 1.165) is 33.4 Å². The summed E-state index contributed by atoms with van der Waals surface area (Å²) in [4.78, 5) is 0.401. The van der Waals surface area contributed by atoms with Crippen LogP contribution in [0, 0.1) is 0 Å². The molecule has 1 atom stereocenters. The van der Waals surface area contributed by atoms with Crippen LogP contribution in [0.1, 0.15) is 52.7 Å². The summed E-state index contributed by atoms with van der Waals surface area (Å²) in [6.45, 7) is 13.3. The molecule has 0 aromatic heterocycles. The smallest absolute Gasteiger partial charge is 0.186 e. The molecule has 0 aliphatic heterocycles. The fourth-order valence-electron chi connectivity index (χ4n) is 4.24. The predicted molar refractivity (Wildman–Crippen MR) is 149 cm³/mol. The second-order valence-electron chi connectivity index (χ2n) is 11.2. The maximum absolute atomic E-state index is 11.7. The fourth-order valence-corrected chi connectivity index (χ4v) is 4.66. The summed E-state index contributed by atoms with van der Waals surface area (Å²) in [7, 11) is 0. The Balaban J connectivity index is 1.86. The molecule has 0 bridgehead atoms. The molecular weight excluding hydrogens is 448 g/mol. The Kier molecular flexibility index (Phi) is 6.86. The Bertz CT molecular complexity index is 1280. The van der Waals surface area contributed by atoms with E-state index in [9.17, 15) is 8.76 Å². The van der Waals surface area contributed by atoms with Gasteiger partial charge in [-0.3, -0.25) is 0 Å². The van der Waals surface area contributed by atoms with Gasteiger partial charge in [-0.15, -0.1) is 0 Å². The van der Waals surface area contributed by atoms with Crippen LogP contribution in [0.3, 0.4) is 0 Å². The van der Waals surface area contributed by atoms with Gasteiger partial charge >= 0.3 is 0 Å². The van der Waals surface area contributed by atoms with Crippen molar-refractivity contribution in [2.45, 2.75) is 57.3 Å². The van der Waals surface area contributed by atoms with Crippen molar-refractivity contribution in [3.63, 3.8) is 0 Å². The predicted octanol–water partition coefficient (Wildman–Crippen LogP) is 8.86. The van der Waals surface area contributed by atoms with Crippen molar-refractivity contribution in [3.8, 4) is 33.4 Å². The molecule has 180 valence electrons. The van der Waals surface area contributed by atoms with Crippen LogP contribution in [-0.2, 0) is 21.9 Å². The number of rotatable bonds is 4. The van der Waals surface area contributed by atoms with Gasteiger partial charge in [0.05, 0.1) is 4.90 Å². The molecule has 1 unspecified atom stereocenters. The monoisotopic (exact) mass is 482 g/mol. The lowest BCUT2D eigenvalue weighted by molar-refractivity contribution is 0.564. The Hall–Kier alpha value is -3.01. The zero-order valence-corrected chi connectivity index (χ0v) is 22.2. The largest absolute Gasteiger partial charge is 0.302 e. The highest BCUT2D eigenvalue weighted by molar-refractivity contribution is 7.79. The maximum atomic E-state index is 11.7. The third-order valence-corrected chi connectivity index (χ3v) is 7.13. The minimum absolute atomic E-state index is 0.0979. The van der Waals surface area contributed by atoms with Crippen molar-refractivity contribution in [1.29, 1.82) is 0 Å². The van der Waals surface area contributed by atoms with E-state index in [1.54, 1.807) is 12.1 Å². The normalized spacial score (nSPS) is 13.0. The molecule has 35 heavy (non-hydrogen) atoms. The highest BCUT2D eigenvalue weighted by Crippen LogP contribution is 2.35. The quantitative estimate of drug-likeness (QED) is 0.295. The van der Waals surface area contributed by atoms with Crippen molar-refractivity contribution in [3.05, 3.63) is 102 Å². The van der Waals surface area contributed by atoms with Gasteiger partial charge in [-0.2, -0.15) is 0 Å². The summed E-state index contributed by atoms with van der Waals surface area (Å²) in [5.41, 5.74) is 9.27. The van der Waals surface area contributed by atoms with E-state index < -0.39 is 11.1 Å². The van der Waals surface area contributed by atoms with Gasteiger partial charge in [-0.25, -0.2) is 4.21 Å². The molecule has 3 heteroatoms. The van der Waals surface area contributed by atoms with Crippen molar-refractivity contribution < 1.29 is 8.76 Å². The first-order valence-electron chi connectivity index (χ1n) is 12.0. The van der Waals surface area contributed by atoms with E-state index in [2.05, 4.69) is 108 Å². The van der Waals surface area contributed by atoms with Crippen LogP contribution in [0.25, 0.3) is 33.4 Å². The van der Waals surface area contributed by atoms with Crippen molar-refractivity contribution in [2.75, 3.05) is 0 Å². The molecule has 4 aromatic carbocycles. The maximum Gasteiger partial charge on any atom is 0.186 e. The molecule has 0 aliphatic rings. The molecule has 0 amide bonds. The number of hydrogen-bond donors (Lipinski definition) is 1. The highest BCUT2D eigenvalue weighted by Gasteiger charge is 2.15. The minimum Gasteiger partial charge on any atom is -0.302 e. The van der Waals surface area contributed by atoms with Crippen molar-refractivity contribution >= 4 is 11.1 Å². The van der Waals surface area contributed by atoms with E-state index in [1.165, 1.54) is 11.1 Å². The molecular formula is C32H34O2S. The SMILES string of the molecule is CC(C)(C)c1ccc(-c2cc(-c3ccc(C(C)(C)C)cc3)cc(-c3cccc(S(=O)O)c3)c2)cc1. The molecule has 0 saturated heterocycles. The summed E-state index contributed by atoms with van der Waals surface area (Å²) >= 11 is -2.02. The average molecular weight is 483 g/mol. The zero-order chi connectivity index (χ0) is 25.4. The first-order chi connectivity index (χ1) is 16.4. The molecule has 4 aromatic rings. The van der Waals surface area contributed by atoms with E-state index in [4.69, 9.17) is 0 Å². The van der Waals surface area contributed by atoms with Crippen LogP contribution in [0.4, 0.5) is 0 Å². The van der Waals surface area contributed by atoms with Crippen LogP contribution in [-0.4, -0.2) is 8.76 Å². The van der Waals surface area contributed by atoms with Crippen LogP contribution >= 0.6 is 0 Å². The topological polar surface area (TPSA) is 37.3 Å². The molecule has 0 saturated carbocycles. The van der Waals surface area contributed by atoms with Crippen LogP contribution < -0.4 is 0 Å². The fraction of sp³-hybridized carbons (Fsp3) is 0.250. The van der Waals surface area contributed by atoms with Gasteiger partial charge < -0.3 is 4.55 Å². The minimum atomic E-state index is -2.02. The average Bonchev–Trinajstić information content (AvgIpc) is 2.83. The molecule has 0 heterocycles. The van der Waals surface area contributed by atoms with Crippen molar-refractivity contribution in [2.24, 2.45) is 0 Å². The molecule has 0 aliphatic carbocycles. The van der Waals surface area contributed by atoms with Gasteiger partial charge in [0.25, 0.3) is 0 Å². The first-order valence-corrected chi connectivity index (χ1v) is 13.1. The first kappa shape index (κ1) is 25.1. The Morgan fingerprint density at radius 3 is 1.29 bits per heavy atom. The van der Waals surface area contributed by atoms with Crippen LogP contribution in [0.2, 0.25) is 0 Å². The second kappa shape index (κ2) is 9.56. The molecule has 4 rings (SSSR count). The number of hydrogen-bond acceptors (Lipinski definition) is 1. The van der Waals surface area contributed by atoms with E-state index in [1.807, 2.05) is 12.1 Å². The molecule has 1 N–H and O–H groups in total. The van der Waals surface area contributed by atoms with Gasteiger partial charge in [-0.05, 0) is 85.7 Å². The molecule has 0 radical (unpaired) electrons. The summed E-state index contributed by atoms with van der Waals surface area (Å²) in [5, 5.41) is 0. The molecule has 0 fully saturated rings. The van der Waals surface area contributed by atoms with Gasteiger partial charge in [0.2, 0.25) is 0 Å². The van der Waals surface area contributed by atoms with Gasteiger partial charge in [0, 0.05) is 0 Å². The standard InChI is InChI=1S/C32H34O2S/c1-31(2,3)28-14-10-22(11-15-28)25-18-26(23-12-16-29(17-13-23)32(4,5)6)20-27(19-25)24-8-7-9-30(21-24)35(33)34/h7-21H,1-6H3,(H,33,34). The van der Waals surface area contributed by atoms with E-state index >= 15 is 0 Å². The number of benzene rings is 4. The van der Waals surface area contributed by atoms with Crippen molar-refractivity contribution in [1.82, 2.24) is 0 Å². The van der Waals surface area contributed by atoms with Gasteiger partial charge in [-0.1, -0.05) is 102 Å². The lowest BCUT2D eigenvalue weighted by Crippen LogP contribution is -2.10.